The fourth-order valence-electron chi connectivity index (χ4n) is 1.37. The Morgan fingerprint density at radius 1 is 1.44 bits per heavy atom. The topological polar surface area (TPSA) is 30.7 Å². The lowest BCUT2D eigenvalue weighted by Gasteiger charge is -1.99. The van der Waals surface area contributed by atoms with Crippen LogP contribution >= 0.6 is 23.4 Å². The molecule has 2 aromatic rings. The Labute approximate surface area is 102 Å². The third-order valence-electron chi connectivity index (χ3n) is 2.09. The number of aryl methyl sites for hydroxylation is 1. The summed E-state index contributed by atoms with van der Waals surface area (Å²) in [5, 5.41) is 5.17. The molecule has 0 atom stereocenters. The standard InChI is InChI=1S/C10H9ClFN3S/c1-15-10(16-2)13-9(14-15)8-6(11)4-3-5-7(8)12/h3-5H,1-2H3. The molecule has 84 valence electrons. The molecular formula is C10H9ClFN3S. The third kappa shape index (κ3) is 1.92. The minimum absolute atomic E-state index is 0.250. The lowest BCUT2D eigenvalue weighted by Crippen LogP contribution is -1.92. The quantitative estimate of drug-likeness (QED) is 0.775. The van der Waals surface area contributed by atoms with Crippen molar-refractivity contribution in [3.8, 4) is 11.4 Å². The van der Waals surface area contributed by atoms with Crippen LogP contribution in [0.4, 0.5) is 4.39 Å². The van der Waals surface area contributed by atoms with Gasteiger partial charge in [0, 0.05) is 7.05 Å². The number of nitrogens with zero attached hydrogens (tertiary/aromatic N) is 3. The summed E-state index contributed by atoms with van der Waals surface area (Å²) in [5.74, 6) is -0.0966. The second-order valence-electron chi connectivity index (χ2n) is 3.14. The number of aromatic nitrogens is 3. The van der Waals surface area contributed by atoms with Crippen LogP contribution in [0.5, 0.6) is 0 Å². The lowest BCUT2D eigenvalue weighted by atomic mass is 10.2. The first-order valence-electron chi connectivity index (χ1n) is 4.53. The first-order chi connectivity index (χ1) is 7.63. The summed E-state index contributed by atoms with van der Waals surface area (Å²) in [6.45, 7) is 0. The van der Waals surface area contributed by atoms with Crippen LogP contribution in [0, 0.1) is 5.82 Å². The van der Waals surface area contributed by atoms with E-state index in [9.17, 15) is 4.39 Å². The fraction of sp³-hybridized carbons (Fsp3) is 0.200. The maximum Gasteiger partial charge on any atom is 0.186 e. The summed E-state index contributed by atoms with van der Waals surface area (Å²) in [5.41, 5.74) is 0.250. The van der Waals surface area contributed by atoms with Gasteiger partial charge >= 0.3 is 0 Å². The molecule has 0 saturated heterocycles. The average Bonchev–Trinajstić information content (AvgIpc) is 2.59. The molecule has 16 heavy (non-hydrogen) atoms. The third-order valence-corrected chi connectivity index (χ3v) is 3.13. The van der Waals surface area contributed by atoms with Crippen molar-refractivity contribution in [3.63, 3.8) is 0 Å². The highest BCUT2D eigenvalue weighted by molar-refractivity contribution is 7.98. The summed E-state index contributed by atoms with van der Waals surface area (Å²) < 4.78 is 15.2. The summed E-state index contributed by atoms with van der Waals surface area (Å²) in [6.07, 6.45) is 1.89. The normalized spacial score (nSPS) is 10.8. The van der Waals surface area contributed by atoms with Gasteiger partial charge in [0.1, 0.15) is 5.82 Å². The molecule has 6 heteroatoms. The molecule has 0 fully saturated rings. The SMILES string of the molecule is CSc1nc(-c2c(F)cccc2Cl)nn1C. The average molecular weight is 258 g/mol. The second-order valence-corrected chi connectivity index (χ2v) is 4.32. The maximum absolute atomic E-state index is 13.6. The molecule has 0 spiro atoms. The zero-order valence-corrected chi connectivity index (χ0v) is 10.3. The highest BCUT2D eigenvalue weighted by Gasteiger charge is 2.15. The molecule has 1 heterocycles. The Morgan fingerprint density at radius 2 is 2.19 bits per heavy atom. The van der Waals surface area contributed by atoms with Gasteiger partial charge in [0.15, 0.2) is 11.0 Å². The van der Waals surface area contributed by atoms with Gasteiger partial charge < -0.3 is 0 Å². The zero-order chi connectivity index (χ0) is 11.7. The van der Waals surface area contributed by atoms with Gasteiger partial charge in [0.25, 0.3) is 0 Å². The molecule has 0 unspecified atom stereocenters. The highest BCUT2D eigenvalue weighted by Crippen LogP contribution is 2.29. The summed E-state index contributed by atoms with van der Waals surface area (Å²) in [7, 11) is 1.76. The van der Waals surface area contributed by atoms with Gasteiger partial charge in [0.2, 0.25) is 0 Å². The molecule has 0 aliphatic heterocycles. The minimum atomic E-state index is -0.411. The number of benzene rings is 1. The van der Waals surface area contributed by atoms with Crippen molar-refractivity contribution >= 4 is 23.4 Å². The maximum atomic E-state index is 13.6. The van der Waals surface area contributed by atoms with E-state index in [1.807, 2.05) is 6.26 Å². The molecule has 0 aliphatic rings. The Hall–Kier alpha value is -1.07. The van der Waals surface area contributed by atoms with Crippen LogP contribution in [-0.4, -0.2) is 21.0 Å². The van der Waals surface area contributed by atoms with Gasteiger partial charge in [-0.1, -0.05) is 29.4 Å². The number of halogens is 2. The van der Waals surface area contributed by atoms with Crippen molar-refractivity contribution in [2.75, 3.05) is 6.26 Å². The first kappa shape index (κ1) is 11.4. The van der Waals surface area contributed by atoms with Crippen molar-refractivity contribution in [1.82, 2.24) is 14.8 Å². The van der Waals surface area contributed by atoms with Crippen LogP contribution in [0.15, 0.2) is 23.4 Å². The molecule has 0 radical (unpaired) electrons. The summed E-state index contributed by atoms with van der Waals surface area (Å²) in [6, 6.07) is 4.52. The van der Waals surface area contributed by atoms with Crippen LogP contribution in [0.2, 0.25) is 5.02 Å². The Bertz CT molecular complexity index is 507. The summed E-state index contributed by atoms with van der Waals surface area (Å²) in [4.78, 5) is 4.21. The summed E-state index contributed by atoms with van der Waals surface area (Å²) >= 11 is 7.38. The van der Waals surface area contributed by atoms with E-state index in [4.69, 9.17) is 11.6 Å². The van der Waals surface area contributed by atoms with Gasteiger partial charge in [-0.2, -0.15) is 5.10 Å². The lowest BCUT2D eigenvalue weighted by molar-refractivity contribution is 0.629. The van der Waals surface area contributed by atoms with E-state index in [0.717, 1.165) is 0 Å². The number of thioether (sulfide) groups is 1. The minimum Gasteiger partial charge on any atom is -0.243 e. The second kappa shape index (κ2) is 4.43. The Kier molecular flexibility index (Phi) is 3.16. The predicted octanol–water partition coefficient (Wildman–Crippen LogP) is 3.00. The fourth-order valence-corrected chi connectivity index (χ4v) is 2.10. The van der Waals surface area contributed by atoms with Gasteiger partial charge in [-0.25, -0.2) is 14.1 Å². The van der Waals surface area contributed by atoms with E-state index in [2.05, 4.69) is 10.1 Å². The van der Waals surface area contributed by atoms with Crippen LogP contribution in [0.25, 0.3) is 11.4 Å². The molecule has 2 rings (SSSR count). The number of rotatable bonds is 2. The number of hydrogen-bond acceptors (Lipinski definition) is 3. The molecule has 0 N–H and O–H groups in total. The van der Waals surface area contributed by atoms with Gasteiger partial charge in [-0.05, 0) is 18.4 Å². The molecule has 1 aromatic carbocycles. The van der Waals surface area contributed by atoms with E-state index in [-0.39, 0.29) is 5.56 Å². The highest BCUT2D eigenvalue weighted by atomic mass is 35.5. The molecule has 0 amide bonds. The van der Waals surface area contributed by atoms with Gasteiger partial charge in [-0.3, -0.25) is 0 Å². The van der Waals surface area contributed by atoms with Gasteiger partial charge in [0.05, 0.1) is 10.6 Å². The van der Waals surface area contributed by atoms with E-state index < -0.39 is 5.82 Å². The Morgan fingerprint density at radius 3 is 2.75 bits per heavy atom. The predicted molar refractivity (Wildman–Crippen MR) is 63.2 cm³/mol. The monoisotopic (exact) mass is 257 g/mol. The molecular weight excluding hydrogens is 249 g/mol. The molecule has 0 aliphatic carbocycles. The van der Waals surface area contributed by atoms with Crippen LogP contribution in [0.1, 0.15) is 0 Å². The van der Waals surface area contributed by atoms with Crippen LogP contribution in [0.3, 0.4) is 0 Å². The molecule has 0 saturated carbocycles. The van der Waals surface area contributed by atoms with Crippen molar-refractivity contribution in [2.45, 2.75) is 5.16 Å². The Balaban J connectivity index is 2.58. The van der Waals surface area contributed by atoms with Gasteiger partial charge in [-0.15, -0.1) is 0 Å². The van der Waals surface area contributed by atoms with E-state index in [0.29, 0.717) is 16.0 Å². The van der Waals surface area contributed by atoms with Crippen molar-refractivity contribution < 1.29 is 4.39 Å². The molecule has 1 aromatic heterocycles. The van der Waals surface area contributed by atoms with Crippen molar-refractivity contribution in [3.05, 3.63) is 29.0 Å². The van der Waals surface area contributed by atoms with Crippen molar-refractivity contribution in [1.29, 1.82) is 0 Å². The van der Waals surface area contributed by atoms with E-state index in [1.165, 1.54) is 17.8 Å². The zero-order valence-electron chi connectivity index (χ0n) is 8.74. The number of hydrogen-bond donors (Lipinski definition) is 0. The molecule has 0 bridgehead atoms. The van der Waals surface area contributed by atoms with E-state index in [1.54, 1.807) is 23.9 Å². The molecule has 3 nitrogen and oxygen atoms in total. The van der Waals surface area contributed by atoms with Crippen LogP contribution < -0.4 is 0 Å². The van der Waals surface area contributed by atoms with E-state index >= 15 is 0 Å². The van der Waals surface area contributed by atoms with Crippen LogP contribution in [-0.2, 0) is 7.05 Å². The largest absolute Gasteiger partial charge is 0.243 e. The van der Waals surface area contributed by atoms with Crippen molar-refractivity contribution in [2.24, 2.45) is 7.05 Å². The smallest absolute Gasteiger partial charge is 0.186 e. The first-order valence-corrected chi connectivity index (χ1v) is 6.13.